The van der Waals surface area contributed by atoms with Crippen molar-refractivity contribution in [3.8, 4) is 0 Å². The lowest BCUT2D eigenvalue weighted by molar-refractivity contribution is -0.141. The lowest BCUT2D eigenvalue weighted by Gasteiger charge is -1.95. The Morgan fingerprint density at radius 3 is 2.19 bits per heavy atom. The summed E-state index contributed by atoms with van der Waals surface area (Å²) in [6.07, 6.45) is 0. The minimum absolute atomic E-state index is 0.0449. The summed E-state index contributed by atoms with van der Waals surface area (Å²) in [5.74, 6) is -0.353. The van der Waals surface area contributed by atoms with Gasteiger partial charge < -0.3 is 4.74 Å². The molecule has 0 spiro atoms. The molecule has 0 radical (unpaired) electrons. The number of aromatic nitrogens is 3. The molecule has 0 bridgehead atoms. The van der Waals surface area contributed by atoms with Crippen molar-refractivity contribution in [1.82, 2.24) is 15.0 Å². The lowest BCUT2D eigenvalue weighted by atomic mass is 10.1. The summed E-state index contributed by atoms with van der Waals surface area (Å²) in [7, 11) is 1.35. The zero-order chi connectivity index (χ0) is 11.7. The minimum Gasteiger partial charge on any atom is -0.468 e. The molecule has 0 N–H and O–H groups in total. The van der Waals surface area contributed by atoms with E-state index in [4.69, 9.17) is 0 Å². The van der Waals surface area contributed by atoms with Gasteiger partial charge in [-0.15, -0.1) is 0 Å². The standard InChI is InChI=1S/C11H13N3O2/c1-7-4-9-10(5-8(7)2)13-14(12-9)6-11(15)16-3/h4-5H,6H2,1-3H3. The molecule has 84 valence electrons. The fourth-order valence-electron chi connectivity index (χ4n) is 1.47. The number of ether oxygens (including phenoxy) is 1. The fraction of sp³-hybridized carbons (Fsp3) is 0.364. The molecule has 0 amide bonds. The number of esters is 1. The molecule has 0 unspecified atom stereocenters. The van der Waals surface area contributed by atoms with Crippen LogP contribution < -0.4 is 0 Å². The van der Waals surface area contributed by atoms with Crippen LogP contribution >= 0.6 is 0 Å². The monoisotopic (exact) mass is 219 g/mol. The highest BCUT2D eigenvalue weighted by Gasteiger charge is 2.08. The molecular weight excluding hydrogens is 206 g/mol. The number of benzene rings is 1. The predicted octanol–water partition coefficient (Wildman–Crippen LogP) is 1.22. The average Bonchev–Trinajstić information content (AvgIpc) is 2.60. The van der Waals surface area contributed by atoms with Gasteiger partial charge in [-0.3, -0.25) is 0 Å². The van der Waals surface area contributed by atoms with Crippen LogP contribution in [0.25, 0.3) is 11.0 Å². The van der Waals surface area contributed by atoms with Crippen molar-refractivity contribution in [3.63, 3.8) is 0 Å². The quantitative estimate of drug-likeness (QED) is 0.713. The molecule has 0 saturated heterocycles. The van der Waals surface area contributed by atoms with Crippen LogP contribution in [-0.2, 0) is 16.1 Å². The lowest BCUT2D eigenvalue weighted by Crippen LogP contribution is -2.13. The van der Waals surface area contributed by atoms with E-state index in [0.29, 0.717) is 0 Å². The summed E-state index contributed by atoms with van der Waals surface area (Å²) in [6, 6.07) is 3.93. The third-order valence-corrected chi connectivity index (χ3v) is 2.54. The maximum atomic E-state index is 11.1. The van der Waals surface area contributed by atoms with Gasteiger partial charge in [-0.25, -0.2) is 4.79 Å². The van der Waals surface area contributed by atoms with Gasteiger partial charge in [0.1, 0.15) is 11.0 Å². The normalized spacial score (nSPS) is 10.7. The summed E-state index contributed by atoms with van der Waals surface area (Å²) >= 11 is 0. The molecule has 5 heteroatoms. The second kappa shape index (κ2) is 3.92. The number of rotatable bonds is 2. The van der Waals surface area contributed by atoms with E-state index in [0.717, 1.165) is 22.2 Å². The van der Waals surface area contributed by atoms with Gasteiger partial charge in [-0.1, -0.05) is 0 Å². The number of carbonyl (C=O) groups excluding carboxylic acids is 1. The molecule has 16 heavy (non-hydrogen) atoms. The highest BCUT2D eigenvalue weighted by Crippen LogP contribution is 2.15. The van der Waals surface area contributed by atoms with E-state index in [1.165, 1.54) is 11.9 Å². The smallest absolute Gasteiger partial charge is 0.329 e. The first-order valence-electron chi connectivity index (χ1n) is 4.99. The third-order valence-electron chi connectivity index (χ3n) is 2.54. The first-order chi connectivity index (χ1) is 7.60. The van der Waals surface area contributed by atoms with Crippen molar-refractivity contribution in [2.24, 2.45) is 0 Å². The largest absolute Gasteiger partial charge is 0.468 e. The van der Waals surface area contributed by atoms with Gasteiger partial charge in [0.25, 0.3) is 0 Å². The van der Waals surface area contributed by atoms with Crippen LogP contribution in [0.15, 0.2) is 12.1 Å². The molecule has 0 fully saturated rings. The maximum absolute atomic E-state index is 11.1. The van der Waals surface area contributed by atoms with Gasteiger partial charge in [-0.05, 0) is 37.1 Å². The Balaban J connectivity index is 2.40. The first-order valence-corrected chi connectivity index (χ1v) is 4.99. The van der Waals surface area contributed by atoms with E-state index in [9.17, 15) is 4.79 Å². The van der Waals surface area contributed by atoms with E-state index in [1.807, 2.05) is 26.0 Å². The number of methoxy groups -OCH3 is 1. The Morgan fingerprint density at radius 1 is 1.25 bits per heavy atom. The van der Waals surface area contributed by atoms with Gasteiger partial charge in [0.2, 0.25) is 0 Å². The van der Waals surface area contributed by atoms with Gasteiger partial charge in [0.15, 0.2) is 6.54 Å². The Hall–Kier alpha value is -1.91. The number of nitrogens with zero attached hydrogens (tertiary/aromatic N) is 3. The van der Waals surface area contributed by atoms with E-state index in [-0.39, 0.29) is 12.5 Å². The zero-order valence-corrected chi connectivity index (χ0v) is 9.52. The molecule has 2 rings (SSSR count). The summed E-state index contributed by atoms with van der Waals surface area (Å²) in [5, 5.41) is 8.41. The predicted molar refractivity (Wildman–Crippen MR) is 59.0 cm³/mol. The van der Waals surface area contributed by atoms with Crippen LogP contribution in [0, 0.1) is 13.8 Å². The Bertz CT molecular complexity index is 506. The van der Waals surface area contributed by atoms with Gasteiger partial charge in [-0.2, -0.15) is 15.0 Å². The molecule has 0 atom stereocenters. The topological polar surface area (TPSA) is 57.0 Å². The van der Waals surface area contributed by atoms with Crippen LogP contribution in [-0.4, -0.2) is 28.1 Å². The molecule has 5 nitrogen and oxygen atoms in total. The minimum atomic E-state index is -0.353. The van der Waals surface area contributed by atoms with Crippen molar-refractivity contribution in [3.05, 3.63) is 23.3 Å². The summed E-state index contributed by atoms with van der Waals surface area (Å²) in [5.41, 5.74) is 3.93. The summed E-state index contributed by atoms with van der Waals surface area (Å²) < 4.78 is 4.56. The van der Waals surface area contributed by atoms with Crippen LogP contribution in [0.4, 0.5) is 0 Å². The second-order valence-corrected chi connectivity index (χ2v) is 3.73. The van der Waals surface area contributed by atoms with Gasteiger partial charge in [0, 0.05) is 0 Å². The van der Waals surface area contributed by atoms with Crippen molar-refractivity contribution < 1.29 is 9.53 Å². The van der Waals surface area contributed by atoms with Crippen molar-refractivity contribution in [1.29, 1.82) is 0 Å². The highest BCUT2D eigenvalue weighted by molar-refractivity contribution is 5.76. The van der Waals surface area contributed by atoms with E-state index in [2.05, 4.69) is 14.9 Å². The average molecular weight is 219 g/mol. The number of fused-ring (bicyclic) bond motifs is 1. The van der Waals surface area contributed by atoms with Crippen LogP contribution in [0.1, 0.15) is 11.1 Å². The summed E-state index contributed by atoms with van der Waals surface area (Å²) in [4.78, 5) is 12.4. The molecule has 1 aromatic carbocycles. The number of hydrogen-bond acceptors (Lipinski definition) is 4. The zero-order valence-electron chi connectivity index (χ0n) is 9.52. The van der Waals surface area contributed by atoms with Crippen LogP contribution in [0.5, 0.6) is 0 Å². The molecular formula is C11H13N3O2. The van der Waals surface area contributed by atoms with E-state index >= 15 is 0 Å². The maximum Gasteiger partial charge on any atom is 0.329 e. The SMILES string of the molecule is COC(=O)Cn1nc2cc(C)c(C)cc2n1. The molecule has 0 aliphatic carbocycles. The van der Waals surface area contributed by atoms with Crippen molar-refractivity contribution in [2.75, 3.05) is 7.11 Å². The summed E-state index contributed by atoms with van der Waals surface area (Å²) in [6.45, 7) is 4.09. The van der Waals surface area contributed by atoms with Crippen LogP contribution in [0.3, 0.4) is 0 Å². The van der Waals surface area contributed by atoms with E-state index < -0.39 is 0 Å². The van der Waals surface area contributed by atoms with Crippen LogP contribution in [0.2, 0.25) is 0 Å². The molecule has 0 aliphatic rings. The Morgan fingerprint density at radius 2 is 1.75 bits per heavy atom. The van der Waals surface area contributed by atoms with Crippen molar-refractivity contribution in [2.45, 2.75) is 20.4 Å². The molecule has 2 aromatic rings. The first kappa shape index (κ1) is 10.6. The molecule has 0 saturated carbocycles. The highest BCUT2D eigenvalue weighted by atomic mass is 16.5. The molecule has 0 aliphatic heterocycles. The Labute approximate surface area is 93.0 Å². The van der Waals surface area contributed by atoms with E-state index in [1.54, 1.807) is 0 Å². The number of carbonyl (C=O) groups is 1. The third kappa shape index (κ3) is 1.88. The molecule has 1 aromatic heterocycles. The second-order valence-electron chi connectivity index (χ2n) is 3.73. The van der Waals surface area contributed by atoms with Gasteiger partial charge >= 0.3 is 5.97 Å². The van der Waals surface area contributed by atoms with Crippen molar-refractivity contribution >= 4 is 17.0 Å². The Kier molecular flexibility index (Phi) is 2.60. The molecule has 1 heterocycles. The fourth-order valence-corrected chi connectivity index (χ4v) is 1.47. The number of hydrogen-bond donors (Lipinski definition) is 0. The number of aryl methyl sites for hydroxylation is 2. The van der Waals surface area contributed by atoms with Gasteiger partial charge in [0.05, 0.1) is 7.11 Å².